The Hall–Kier alpha value is -3.02. The zero-order valence-electron chi connectivity index (χ0n) is 18.2. The summed E-state index contributed by atoms with van der Waals surface area (Å²) in [6.07, 6.45) is 0.421. The molecule has 1 aromatic carbocycles. The molecule has 2 aliphatic heterocycles. The lowest BCUT2D eigenvalue weighted by Gasteiger charge is -2.20. The van der Waals surface area contributed by atoms with Crippen molar-refractivity contribution in [2.24, 2.45) is 11.8 Å². The fraction of sp³-hybridized carbons (Fsp3) is 0.550. The number of anilines is 1. The van der Waals surface area contributed by atoms with Crippen molar-refractivity contribution in [3.63, 3.8) is 0 Å². The minimum absolute atomic E-state index is 0.0146. The van der Waals surface area contributed by atoms with Crippen molar-refractivity contribution in [3.8, 4) is 17.2 Å². The number of benzene rings is 1. The molecule has 0 radical (unpaired) electrons. The number of methoxy groups -OCH3 is 3. The van der Waals surface area contributed by atoms with E-state index in [2.05, 4.69) is 10.9 Å². The molecule has 2 saturated heterocycles. The summed E-state index contributed by atoms with van der Waals surface area (Å²) in [4.78, 5) is 38.5. The van der Waals surface area contributed by atoms with Gasteiger partial charge >= 0.3 is 0 Å². The Bertz CT molecular complexity index is 985. The minimum Gasteiger partial charge on any atom is -0.493 e. The molecule has 12 heteroatoms. The number of amides is 3. The van der Waals surface area contributed by atoms with Crippen LogP contribution in [0.4, 0.5) is 5.69 Å². The Morgan fingerprint density at radius 3 is 2.28 bits per heavy atom. The van der Waals surface area contributed by atoms with Crippen LogP contribution >= 0.6 is 0 Å². The first-order valence-electron chi connectivity index (χ1n) is 10.1. The van der Waals surface area contributed by atoms with Crippen LogP contribution in [0.1, 0.15) is 19.3 Å². The van der Waals surface area contributed by atoms with E-state index < -0.39 is 27.6 Å². The van der Waals surface area contributed by atoms with Crippen LogP contribution in [-0.4, -0.2) is 65.5 Å². The van der Waals surface area contributed by atoms with Gasteiger partial charge in [-0.3, -0.25) is 25.2 Å². The van der Waals surface area contributed by atoms with Gasteiger partial charge in [-0.2, -0.15) is 0 Å². The van der Waals surface area contributed by atoms with E-state index in [0.717, 1.165) is 0 Å². The molecular weight excluding hydrogens is 442 g/mol. The van der Waals surface area contributed by atoms with Gasteiger partial charge in [0.2, 0.25) is 23.5 Å². The number of ether oxygens (including phenoxy) is 3. The highest BCUT2D eigenvalue weighted by molar-refractivity contribution is 7.91. The molecule has 3 rings (SSSR count). The Labute approximate surface area is 186 Å². The Kier molecular flexibility index (Phi) is 7.12. The molecule has 176 valence electrons. The van der Waals surface area contributed by atoms with Crippen LogP contribution in [0.5, 0.6) is 17.2 Å². The molecule has 0 bridgehead atoms. The first kappa shape index (κ1) is 23.6. The number of sulfone groups is 1. The van der Waals surface area contributed by atoms with Crippen LogP contribution in [0.2, 0.25) is 0 Å². The van der Waals surface area contributed by atoms with E-state index in [1.165, 1.54) is 26.2 Å². The second-order valence-electron chi connectivity index (χ2n) is 7.80. The molecule has 2 atom stereocenters. The van der Waals surface area contributed by atoms with Crippen LogP contribution in [0.3, 0.4) is 0 Å². The summed E-state index contributed by atoms with van der Waals surface area (Å²) < 4.78 is 38.9. The molecule has 2 fully saturated rings. The van der Waals surface area contributed by atoms with E-state index in [0.29, 0.717) is 29.4 Å². The minimum atomic E-state index is -3.07. The summed E-state index contributed by atoms with van der Waals surface area (Å²) in [5.41, 5.74) is 5.15. The first-order valence-corrected chi connectivity index (χ1v) is 11.9. The number of rotatable bonds is 7. The molecule has 2 aliphatic rings. The molecule has 2 N–H and O–H groups in total. The van der Waals surface area contributed by atoms with Gasteiger partial charge in [0.25, 0.3) is 0 Å². The average Bonchev–Trinajstić information content (AvgIpc) is 3.32. The van der Waals surface area contributed by atoms with Crippen LogP contribution < -0.4 is 30.0 Å². The van der Waals surface area contributed by atoms with Crippen molar-refractivity contribution in [1.82, 2.24) is 10.9 Å². The Balaban J connectivity index is 1.59. The number of hydrogen-bond acceptors (Lipinski definition) is 8. The van der Waals surface area contributed by atoms with Crippen molar-refractivity contribution < 1.29 is 37.0 Å². The predicted molar refractivity (Wildman–Crippen MR) is 114 cm³/mol. The van der Waals surface area contributed by atoms with Crippen LogP contribution in [0, 0.1) is 11.8 Å². The van der Waals surface area contributed by atoms with Gasteiger partial charge in [-0.1, -0.05) is 0 Å². The molecule has 0 aliphatic carbocycles. The number of carbonyl (C=O) groups excluding carboxylic acids is 3. The highest BCUT2D eigenvalue weighted by Gasteiger charge is 2.36. The van der Waals surface area contributed by atoms with E-state index in [4.69, 9.17) is 14.2 Å². The quantitative estimate of drug-likeness (QED) is 0.534. The summed E-state index contributed by atoms with van der Waals surface area (Å²) in [5, 5.41) is 0. The predicted octanol–water partition coefficient (Wildman–Crippen LogP) is 0.0375. The van der Waals surface area contributed by atoms with E-state index >= 15 is 0 Å². The lowest BCUT2D eigenvalue weighted by molar-refractivity contribution is -0.131. The van der Waals surface area contributed by atoms with Gasteiger partial charge in [-0.15, -0.1) is 0 Å². The molecule has 11 nitrogen and oxygen atoms in total. The van der Waals surface area contributed by atoms with Crippen molar-refractivity contribution in [2.75, 3.05) is 44.3 Å². The zero-order chi connectivity index (χ0) is 23.5. The number of carbonyl (C=O) groups is 3. The van der Waals surface area contributed by atoms with Gasteiger partial charge in [-0.05, 0) is 12.3 Å². The third-order valence-electron chi connectivity index (χ3n) is 5.58. The standard InChI is InChI=1S/C20H27N3O8S/c1-29-15-8-14(9-16(30-2)19(15)31-3)23-10-13(7-18(23)25)20(26)22-21-17(24)6-12-4-5-32(27,28)11-12/h8-9,12-13H,4-7,10-11H2,1-3H3,(H,21,24)(H,22,26). The molecule has 32 heavy (non-hydrogen) atoms. The van der Waals surface area contributed by atoms with Gasteiger partial charge in [0.05, 0.1) is 44.4 Å². The van der Waals surface area contributed by atoms with E-state index in [1.54, 1.807) is 12.1 Å². The zero-order valence-corrected chi connectivity index (χ0v) is 19.0. The maximum atomic E-state index is 12.6. The van der Waals surface area contributed by atoms with Gasteiger partial charge < -0.3 is 19.1 Å². The summed E-state index contributed by atoms with van der Waals surface area (Å²) >= 11 is 0. The molecule has 0 aromatic heterocycles. The number of nitrogens with one attached hydrogen (secondary N) is 2. The molecular formula is C20H27N3O8S. The third-order valence-corrected chi connectivity index (χ3v) is 7.42. The van der Waals surface area contributed by atoms with Crippen LogP contribution in [0.25, 0.3) is 0 Å². The van der Waals surface area contributed by atoms with E-state index in [-0.39, 0.29) is 42.7 Å². The van der Waals surface area contributed by atoms with Gasteiger partial charge in [0.1, 0.15) is 0 Å². The summed E-state index contributed by atoms with van der Waals surface area (Å²) in [6.45, 7) is 0.111. The Morgan fingerprint density at radius 1 is 1.09 bits per heavy atom. The lowest BCUT2D eigenvalue weighted by Crippen LogP contribution is -2.45. The number of hydrogen-bond donors (Lipinski definition) is 2. The maximum Gasteiger partial charge on any atom is 0.243 e. The number of nitrogens with zero attached hydrogens (tertiary/aromatic N) is 1. The lowest BCUT2D eigenvalue weighted by atomic mass is 10.1. The van der Waals surface area contributed by atoms with Crippen molar-refractivity contribution in [1.29, 1.82) is 0 Å². The Morgan fingerprint density at radius 2 is 1.75 bits per heavy atom. The average molecular weight is 470 g/mol. The van der Waals surface area contributed by atoms with Gasteiger partial charge in [-0.25, -0.2) is 8.42 Å². The fourth-order valence-electron chi connectivity index (χ4n) is 3.94. The molecule has 0 spiro atoms. The third kappa shape index (κ3) is 5.23. The summed E-state index contributed by atoms with van der Waals surface area (Å²) in [7, 11) is 1.33. The summed E-state index contributed by atoms with van der Waals surface area (Å²) in [6, 6.07) is 3.24. The highest BCUT2D eigenvalue weighted by atomic mass is 32.2. The van der Waals surface area contributed by atoms with Crippen molar-refractivity contribution in [3.05, 3.63) is 12.1 Å². The summed E-state index contributed by atoms with van der Waals surface area (Å²) in [5.74, 6) is -0.943. The second-order valence-corrected chi connectivity index (χ2v) is 10.0. The smallest absolute Gasteiger partial charge is 0.243 e. The number of hydrazine groups is 1. The molecule has 1 aromatic rings. The van der Waals surface area contributed by atoms with Crippen LogP contribution in [0.15, 0.2) is 12.1 Å². The monoisotopic (exact) mass is 469 g/mol. The highest BCUT2D eigenvalue weighted by Crippen LogP contribution is 2.42. The molecule has 2 unspecified atom stereocenters. The SMILES string of the molecule is COc1cc(N2CC(C(=O)NNC(=O)CC3CCS(=O)(=O)C3)CC2=O)cc(OC)c1OC. The topological polar surface area (TPSA) is 140 Å². The molecule has 3 amide bonds. The van der Waals surface area contributed by atoms with Gasteiger partial charge in [0.15, 0.2) is 21.3 Å². The fourth-order valence-corrected chi connectivity index (χ4v) is 5.80. The second kappa shape index (κ2) is 9.63. The van der Waals surface area contributed by atoms with Crippen LogP contribution in [-0.2, 0) is 24.2 Å². The normalized spacial score (nSPS) is 21.8. The largest absolute Gasteiger partial charge is 0.493 e. The molecule has 0 saturated carbocycles. The van der Waals surface area contributed by atoms with Crippen molar-refractivity contribution >= 4 is 33.2 Å². The first-order chi connectivity index (χ1) is 15.2. The van der Waals surface area contributed by atoms with Crippen molar-refractivity contribution in [2.45, 2.75) is 19.3 Å². The van der Waals surface area contributed by atoms with E-state index in [9.17, 15) is 22.8 Å². The molecule has 2 heterocycles. The van der Waals surface area contributed by atoms with E-state index in [1.807, 2.05) is 0 Å². The van der Waals surface area contributed by atoms with Gasteiger partial charge in [0, 0.05) is 31.5 Å². The maximum absolute atomic E-state index is 12.6.